The third-order valence-corrected chi connectivity index (χ3v) is 3.03. The van der Waals surface area contributed by atoms with Crippen LogP contribution < -0.4 is 9.47 Å². The van der Waals surface area contributed by atoms with Gasteiger partial charge in [0.1, 0.15) is 0 Å². The van der Waals surface area contributed by atoms with Crippen molar-refractivity contribution in [3.63, 3.8) is 0 Å². The summed E-state index contributed by atoms with van der Waals surface area (Å²) in [5.74, 6) is 0.151. The van der Waals surface area contributed by atoms with Gasteiger partial charge >= 0.3 is 0 Å². The average Bonchev–Trinajstić information content (AvgIpc) is 2.34. The van der Waals surface area contributed by atoms with E-state index >= 15 is 0 Å². The Morgan fingerprint density at radius 2 is 1.94 bits per heavy atom. The molecule has 98 valence electrons. The number of aryl methyl sites for hydroxylation is 1. The normalized spacial score (nSPS) is 14.3. The minimum absolute atomic E-state index is 0.143. The van der Waals surface area contributed by atoms with Crippen LogP contribution in [-0.4, -0.2) is 18.9 Å². The minimum atomic E-state index is -0.442. The molecular formula is C14H18FNO2. The number of hydrogen-bond donors (Lipinski definition) is 1. The van der Waals surface area contributed by atoms with Gasteiger partial charge < -0.3 is 14.9 Å². The average molecular weight is 251 g/mol. The Labute approximate surface area is 106 Å². The Morgan fingerprint density at radius 1 is 1.22 bits per heavy atom. The maximum atomic E-state index is 14.4. The van der Waals surface area contributed by atoms with Crippen LogP contribution in [0.5, 0.6) is 11.5 Å². The molecule has 0 aromatic heterocycles. The zero-order valence-electron chi connectivity index (χ0n) is 10.8. The third kappa shape index (κ3) is 2.19. The lowest BCUT2D eigenvalue weighted by molar-refractivity contribution is 0.275. The van der Waals surface area contributed by atoms with Gasteiger partial charge in [-0.25, -0.2) is 4.39 Å². The number of rotatable bonds is 4. The van der Waals surface area contributed by atoms with Gasteiger partial charge in [-0.15, -0.1) is 0 Å². The lowest BCUT2D eigenvalue weighted by atomic mass is 9.89. The second-order valence-electron chi connectivity index (χ2n) is 4.25. The molecule has 1 aromatic carbocycles. The largest absolute Gasteiger partial charge is 0.490 e. The summed E-state index contributed by atoms with van der Waals surface area (Å²) in [6.45, 7) is 4.51. The van der Waals surface area contributed by atoms with E-state index in [1.807, 2.05) is 13.0 Å². The van der Waals surface area contributed by atoms with Gasteiger partial charge in [0.15, 0.2) is 17.3 Å². The molecule has 0 bridgehead atoms. The molecule has 18 heavy (non-hydrogen) atoms. The first-order valence-electron chi connectivity index (χ1n) is 6.37. The van der Waals surface area contributed by atoms with Crippen molar-refractivity contribution in [3.8, 4) is 11.5 Å². The molecule has 1 N–H and O–H groups in total. The fraction of sp³-hybridized carbons (Fsp3) is 0.500. The van der Waals surface area contributed by atoms with Crippen LogP contribution in [0.1, 0.15) is 37.8 Å². The quantitative estimate of drug-likeness (QED) is 0.891. The predicted molar refractivity (Wildman–Crippen MR) is 68.5 cm³/mol. The highest BCUT2D eigenvalue weighted by Crippen LogP contribution is 2.38. The topological polar surface area (TPSA) is 42.3 Å². The van der Waals surface area contributed by atoms with Crippen LogP contribution >= 0.6 is 0 Å². The summed E-state index contributed by atoms with van der Waals surface area (Å²) in [4.78, 5) is 0. The van der Waals surface area contributed by atoms with E-state index < -0.39 is 5.82 Å². The van der Waals surface area contributed by atoms with E-state index in [1.54, 1.807) is 6.92 Å². The highest BCUT2D eigenvalue weighted by atomic mass is 19.1. The standard InChI is InChI=1S/C14H18FNO2/c1-3-17-11-8-9-6-5-7-10(16)12(9)13(15)14(11)18-4-2/h8,16H,3-7H2,1-2H3. The van der Waals surface area contributed by atoms with Gasteiger partial charge in [0.2, 0.25) is 0 Å². The monoisotopic (exact) mass is 251 g/mol. The Bertz CT molecular complexity index is 471. The van der Waals surface area contributed by atoms with Crippen molar-refractivity contribution in [1.29, 1.82) is 5.41 Å². The van der Waals surface area contributed by atoms with Crippen LogP contribution in [0.4, 0.5) is 4.39 Å². The van der Waals surface area contributed by atoms with Gasteiger partial charge in [-0.1, -0.05) is 0 Å². The molecular weight excluding hydrogens is 233 g/mol. The molecule has 0 fully saturated rings. The molecule has 3 nitrogen and oxygen atoms in total. The molecule has 0 saturated carbocycles. The molecule has 0 aliphatic heterocycles. The number of nitrogens with one attached hydrogen (secondary N) is 1. The molecule has 1 aliphatic carbocycles. The van der Waals surface area contributed by atoms with Gasteiger partial charge in [-0.2, -0.15) is 0 Å². The fourth-order valence-corrected chi connectivity index (χ4v) is 2.30. The number of halogens is 1. The van der Waals surface area contributed by atoms with Crippen molar-refractivity contribution in [2.45, 2.75) is 33.1 Å². The SMILES string of the molecule is CCOc1cc2c(c(F)c1OCC)C(=N)CCC2. The Balaban J connectivity index is 2.56. The first-order chi connectivity index (χ1) is 8.69. The predicted octanol–water partition coefficient (Wildman–Crippen LogP) is 3.33. The number of benzene rings is 1. The molecule has 1 aliphatic rings. The first-order valence-corrected chi connectivity index (χ1v) is 6.37. The highest BCUT2D eigenvalue weighted by molar-refractivity contribution is 6.01. The number of ether oxygens (including phenoxy) is 2. The summed E-state index contributed by atoms with van der Waals surface area (Å²) in [5.41, 5.74) is 1.63. The second-order valence-corrected chi connectivity index (χ2v) is 4.25. The van der Waals surface area contributed by atoms with Gasteiger partial charge in [-0.3, -0.25) is 0 Å². The van der Waals surface area contributed by atoms with E-state index in [0.29, 0.717) is 36.7 Å². The van der Waals surface area contributed by atoms with E-state index in [9.17, 15) is 4.39 Å². The fourth-order valence-electron chi connectivity index (χ4n) is 2.30. The molecule has 0 amide bonds. The summed E-state index contributed by atoms with van der Waals surface area (Å²) >= 11 is 0. The molecule has 2 rings (SSSR count). The van der Waals surface area contributed by atoms with Gasteiger partial charge in [-0.05, 0) is 44.7 Å². The Morgan fingerprint density at radius 3 is 2.61 bits per heavy atom. The maximum absolute atomic E-state index is 14.4. The first kappa shape index (κ1) is 12.9. The highest BCUT2D eigenvalue weighted by Gasteiger charge is 2.25. The zero-order valence-corrected chi connectivity index (χ0v) is 10.8. The summed E-state index contributed by atoms with van der Waals surface area (Å²) in [7, 11) is 0. The van der Waals surface area contributed by atoms with Crippen molar-refractivity contribution in [2.24, 2.45) is 0 Å². The minimum Gasteiger partial charge on any atom is -0.490 e. The summed E-state index contributed by atoms with van der Waals surface area (Å²) in [6.07, 6.45) is 2.31. The van der Waals surface area contributed by atoms with E-state index in [-0.39, 0.29) is 5.75 Å². The molecule has 0 radical (unpaired) electrons. The van der Waals surface area contributed by atoms with Gasteiger partial charge in [0.25, 0.3) is 0 Å². The molecule has 4 heteroatoms. The maximum Gasteiger partial charge on any atom is 0.197 e. The van der Waals surface area contributed by atoms with E-state index in [1.165, 1.54) is 0 Å². The summed E-state index contributed by atoms with van der Waals surface area (Å²) < 4.78 is 25.2. The molecule has 0 spiro atoms. The smallest absolute Gasteiger partial charge is 0.197 e. The van der Waals surface area contributed by atoms with Crippen LogP contribution in [0.25, 0.3) is 0 Å². The van der Waals surface area contributed by atoms with Crippen LogP contribution in [0.2, 0.25) is 0 Å². The van der Waals surface area contributed by atoms with Crippen molar-refractivity contribution >= 4 is 5.71 Å². The molecule has 0 atom stereocenters. The van der Waals surface area contributed by atoms with Crippen LogP contribution in [0, 0.1) is 11.2 Å². The Kier molecular flexibility index (Phi) is 3.84. The lowest BCUT2D eigenvalue weighted by Crippen LogP contribution is -2.15. The second kappa shape index (κ2) is 5.38. The van der Waals surface area contributed by atoms with Crippen molar-refractivity contribution in [2.75, 3.05) is 13.2 Å². The van der Waals surface area contributed by atoms with E-state index in [4.69, 9.17) is 14.9 Å². The van der Waals surface area contributed by atoms with Crippen molar-refractivity contribution in [3.05, 3.63) is 23.0 Å². The number of hydrogen-bond acceptors (Lipinski definition) is 3. The van der Waals surface area contributed by atoms with Crippen LogP contribution in [-0.2, 0) is 6.42 Å². The molecule has 1 aromatic rings. The lowest BCUT2D eigenvalue weighted by Gasteiger charge is -2.21. The summed E-state index contributed by atoms with van der Waals surface area (Å²) in [6, 6.07) is 1.82. The Hall–Kier alpha value is -1.58. The van der Waals surface area contributed by atoms with E-state index in [2.05, 4.69) is 0 Å². The van der Waals surface area contributed by atoms with E-state index in [0.717, 1.165) is 18.4 Å². The molecule has 0 heterocycles. The summed E-state index contributed by atoms with van der Waals surface area (Å²) in [5, 5.41) is 7.88. The zero-order chi connectivity index (χ0) is 13.1. The molecule has 0 saturated heterocycles. The van der Waals surface area contributed by atoms with Gasteiger partial charge in [0.05, 0.1) is 13.2 Å². The van der Waals surface area contributed by atoms with Crippen molar-refractivity contribution < 1.29 is 13.9 Å². The van der Waals surface area contributed by atoms with Crippen LogP contribution in [0.3, 0.4) is 0 Å². The number of fused-ring (bicyclic) bond motifs is 1. The van der Waals surface area contributed by atoms with Gasteiger partial charge in [0, 0.05) is 11.3 Å². The van der Waals surface area contributed by atoms with Crippen molar-refractivity contribution in [1.82, 2.24) is 0 Å². The molecule has 0 unspecified atom stereocenters. The van der Waals surface area contributed by atoms with Crippen LogP contribution in [0.15, 0.2) is 6.07 Å². The third-order valence-electron chi connectivity index (χ3n) is 3.03.